The minimum Gasteiger partial charge on any atom is -0.309 e. The van der Waals surface area contributed by atoms with Gasteiger partial charge in [-0.15, -0.1) is 0 Å². The highest BCUT2D eigenvalue weighted by atomic mass is 32.2. The van der Waals surface area contributed by atoms with Crippen LogP contribution in [0.2, 0.25) is 0 Å². The molecule has 0 radical (unpaired) electrons. The summed E-state index contributed by atoms with van der Waals surface area (Å²) in [5.41, 5.74) is 3.21. The summed E-state index contributed by atoms with van der Waals surface area (Å²) in [6.07, 6.45) is 1.08. The van der Waals surface area contributed by atoms with Gasteiger partial charge in [-0.05, 0) is 49.8 Å². The van der Waals surface area contributed by atoms with Gasteiger partial charge < -0.3 is 9.47 Å². The number of para-hydroxylation sites is 2. The van der Waals surface area contributed by atoms with E-state index in [2.05, 4.69) is 33.8 Å². The average Bonchev–Trinajstić information content (AvgIpc) is 3.06. The van der Waals surface area contributed by atoms with Gasteiger partial charge in [-0.1, -0.05) is 32.0 Å². The molecule has 166 valence electrons. The molecule has 0 saturated carbocycles. The second kappa shape index (κ2) is 9.49. The van der Waals surface area contributed by atoms with Crippen molar-refractivity contribution in [3.05, 3.63) is 53.6 Å². The largest absolute Gasteiger partial charge is 0.309 e. The Kier molecular flexibility index (Phi) is 6.97. The number of nitrogens with one attached hydrogen (secondary N) is 2. The van der Waals surface area contributed by atoms with E-state index >= 15 is 0 Å². The smallest absolute Gasteiger partial charge is 0.258 e. The topological polar surface area (TPSA) is 96.3 Å². The van der Waals surface area contributed by atoms with Crippen molar-refractivity contribution in [3.8, 4) is 0 Å². The third kappa shape index (κ3) is 5.62. The van der Waals surface area contributed by atoms with Gasteiger partial charge in [0.2, 0.25) is 16.0 Å². The normalized spacial score (nSPS) is 11.8. The number of carbonyl (C=O) groups is 1. The van der Waals surface area contributed by atoms with Crippen LogP contribution >= 0.6 is 0 Å². The molecule has 1 amide bonds. The summed E-state index contributed by atoms with van der Waals surface area (Å²) in [5.74, 6) is 0.118. The molecule has 2 aromatic carbocycles. The maximum atomic E-state index is 13.0. The third-order valence-corrected chi connectivity index (χ3v) is 5.80. The molecule has 3 aromatic rings. The maximum Gasteiger partial charge on any atom is 0.258 e. The van der Waals surface area contributed by atoms with Crippen LogP contribution < -0.4 is 10.0 Å². The first-order valence-electron chi connectivity index (χ1n) is 10.3. The van der Waals surface area contributed by atoms with Gasteiger partial charge in [0.1, 0.15) is 0 Å². The first-order valence-corrected chi connectivity index (χ1v) is 12.2. The maximum absolute atomic E-state index is 13.0. The number of hydrogen-bond acceptors (Lipinski definition) is 5. The Labute approximate surface area is 183 Å². The highest BCUT2D eigenvalue weighted by Gasteiger charge is 2.16. The predicted molar refractivity (Wildman–Crippen MR) is 125 cm³/mol. The van der Waals surface area contributed by atoms with E-state index in [4.69, 9.17) is 0 Å². The van der Waals surface area contributed by atoms with Gasteiger partial charge >= 0.3 is 0 Å². The molecule has 1 heterocycles. The second-order valence-electron chi connectivity index (χ2n) is 7.46. The highest BCUT2D eigenvalue weighted by Crippen LogP contribution is 2.22. The van der Waals surface area contributed by atoms with Crippen LogP contribution in [-0.4, -0.2) is 54.7 Å². The highest BCUT2D eigenvalue weighted by molar-refractivity contribution is 7.92. The Balaban J connectivity index is 1.90. The fourth-order valence-electron chi connectivity index (χ4n) is 3.43. The van der Waals surface area contributed by atoms with Crippen LogP contribution in [0.1, 0.15) is 29.8 Å². The first-order chi connectivity index (χ1) is 14.7. The summed E-state index contributed by atoms with van der Waals surface area (Å²) >= 11 is 0. The van der Waals surface area contributed by atoms with E-state index in [0.29, 0.717) is 23.7 Å². The number of hydrogen-bond donors (Lipinski definition) is 2. The molecule has 1 aromatic heterocycles. The molecule has 0 spiro atoms. The van der Waals surface area contributed by atoms with Crippen LogP contribution in [0.5, 0.6) is 0 Å². The number of nitrogens with zero attached hydrogens (tertiary/aromatic N) is 3. The van der Waals surface area contributed by atoms with Crippen LogP contribution in [0.15, 0.2) is 42.5 Å². The van der Waals surface area contributed by atoms with E-state index in [9.17, 15) is 13.2 Å². The lowest BCUT2D eigenvalue weighted by Gasteiger charge is -2.19. The van der Waals surface area contributed by atoms with Crippen molar-refractivity contribution in [1.29, 1.82) is 0 Å². The number of rotatable bonds is 9. The van der Waals surface area contributed by atoms with Gasteiger partial charge in [-0.2, -0.15) is 0 Å². The molecule has 0 fully saturated rings. The van der Waals surface area contributed by atoms with E-state index in [0.717, 1.165) is 42.5 Å². The number of aromatic nitrogens is 2. The second-order valence-corrected chi connectivity index (χ2v) is 9.21. The Morgan fingerprint density at radius 3 is 2.52 bits per heavy atom. The zero-order chi connectivity index (χ0) is 22.6. The zero-order valence-electron chi connectivity index (χ0n) is 18.3. The summed E-state index contributed by atoms with van der Waals surface area (Å²) in [6, 6.07) is 12.7. The van der Waals surface area contributed by atoms with E-state index in [1.54, 1.807) is 19.1 Å². The zero-order valence-corrected chi connectivity index (χ0v) is 19.2. The monoisotopic (exact) mass is 443 g/mol. The average molecular weight is 444 g/mol. The quantitative estimate of drug-likeness (QED) is 0.529. The van der Waals surface area contributed by atoms with Crippen LogP contribution in [0.4, 0.5) is 11.6 Å². The molecular weight excluding hydrogens is 414 g/mol. The van der Waals surface area contributed by atoms with Crippen molar-refractivity contribution < 1.29 is 13.2 Å². The van der Waals surface area contributed by atoms with Crippen molar-refractivity contribution in [3.63, 3.8) is 0 Å². The number of carbonyl (C=O) groups excluding carboxylic acids is 1. The Bertz CT molecular complexity index is 1180. The third-order valence-electron chi connectivity index (χ3n) is 5.21. The van der Waals surface area contributed by atoms with Gasteiger partial charge in [-0.3, -0.25) is 14.8 Å². The van der Waals surface area contributed by atoms with Gasteiger partial charge in [0.15, 0.2) is 0 Å². The molecular formula is C22H29N5O3S. The predicted octanol–water partition coefficient (Wildman–Crippen LogP) is 3.31. The van der Waals surface area contributed by atoms with Gasteiger partial charge in [0, 0.05) is 18.7 Å². The number of imidazole rings is 1. The van der Waals surface area contributed by atoms with Crippen LogP contribution in [0.25, 0.3) is 11.0 Å². The number of anilines is 2. The molecule has 3 rings (SSSR count). The van der Waals surface area contributed by atoms with Gasteiger partial charge in [0.05, 0.1) is 23.0 Å². The molecule has 2 N–H and O–H groups in total. The fourth-order valence-corrected chi connectivity index (χ4v) is 4.04. The standard InChI is InChI=1S/C22H29N5O3S/c1-5-26(6-2)13-14-27-20-10-8-7-9-18(20)23-22(27)24-21(28)17-12-11-16(3)19(15-17)25-31(4,29)30/h7-12,15,25H,5-6,13-14H2,1-4H3,(H,23,24,28). The minimum absolute atomic E-state index is 0.346. The Hall–Kier alpha value is -2.91. The number of likely N-dealkylation sites (N-methyl/N-ethyl adjacent to an activating group) is 1. The van der Waals surface area contributed by atoms with Crippen LogP contribution in [0.3, 0.4) is 0 Å². The van der Waals surface area contributed by atoms with Gasteiger partial charge in [0.25, 0.3) is 5.91 Å². The van der Waals surface area contributed by atoms with Gasteiger partial charge in [-0.25, -0.2) is 13.4 Å². The Morgan fingerprint density at radius 1 is 1.13 bits per heavy atom. The SMILES string of the molecule is CCN(CC)CCn1c(NC(=O)c2ccc(C)c(NS(C)(=O)=O)c2)nc2ccccc21. The molecule has 0 unspecified atom stereocenters. The van der Waals surface area contributed by atoms with Crippen molar-refractivity contribution >= 4 is 38.6 Å². The number of amides is 1. The first kappa shape index (κ1) is 22.8. The van der Waals surface area contributed by atoms with Crippen molar-refractivity contribution in [2.24, 2.45) is 0 Å². The molecule has 0 atom stereocenters. The minimum atomic E-state index is -3.45. The molecule has 0 aliphatic heterocycles. The summed E-state index contributed by atoms with van der Waals surface area (Å²) in [5, 5.41) is 2.90. The summed E-state index contributed by atoms with van der Waals surface area (Å²) in [6.45, 7) is 9.45. The fraction of sp³-hybridized carbons (Fsp3) is 0.364. The van der Waals surface area contributed by atoms with Crippen molar-refractivity contribution in [2.75, 3.05) is 35.9 Å². The van der Waals surface area contributed by atoms with Crippen molar-refractivity contribution in [2.45, 2.75) is 27.3 Å². The van der Waals surface area contributed by atoms with Crippen LogP contribution in [-0.2, 0) is 16.6 Å². The molecule has 0 saturated heterocycles. The molecule has 31 heavy (non-hydrogen) atoms. The molecule has 9 heteroatoms. The van der Waals surface area contributed by atoms with E-state index < -0.39 is 10.0 Å². The molecule has 0 aliphatic rings. The lowest BCUT2D eigenvalue weighted by Crippen LogP contribution is -2.27. The number of benzene rings is 2. The number of aryl methyl sites for hydroxylation is 1. The Morgan fingerprint density at radius 2 is 1.84 bits per heavy atom. The summed E-state index contributed by atoms with van der Waals surface area (Å²) in [4.78, 5) is 19.9. The van der Waals surface area contributed by atoms with E-state index in [1.165, 1.54) is 6.07 Å². The molecule has 0 bridgehead atoms. The summed E-state index contributed by atoms with van der Waals surface area (Å²) < 4.78 is 27.7. The molecule has 8 nitrogen and oxygen atoms in total. The molecule has 0 aliphatic carbocycles. The summed E-state index contributed by atoms with van der Waals surface area (Å²) in [7, 11) is -3.45. The number of fused-ring (bicyclic) bond motifs is 1. The lowest BCUT2D eigenvalue weighted by atomic mass is 10.1. The van der Waals surface area contributed by atoms with Crippen LogP contribution in [0, 0.1) is 6.92 Å². The lowest BCUT2D eigenvalue weighted by molar-refractivity contribution is 0.102. The number of sulfonamides is 1. The van der Waals surface area contributed by atoms with E-state index in [-0.39, 0.29) is 5.91 Å². The van der Waals surface area contributed by atoms with Crippen molar-refractivity contribution in [1.82, 2.24) is 14.5 Å². The van der Waals surface area contributed by atoms with E-state index in [1.807, 2.05) is 28.8 Å².